The number of sulfonamides is 1. The van der Waals surface area contributed by atoms with E-state index >= 15 is 0 Å². The van der Waals surface area contributed by atoms with E-state index < -0.39 is 22.0 Å². The molecule has 2 rings (SSSR count). The lowest BCUT2D eigenvalue weighted by molar-refractivity contribution is -0.147. The highest BCUT2D eigenvalue weighted by Crippen LogP contribution is 2.24. The smallest absolute Gasteiger partial charge is 0.328 e. The molecule has 1 fully saturated rings. The molecule has 7 nitrogen and oxygen atoms in total. The molecule has 26 heavy (non-hydrogen) atoms. The van der Waals surface area contributed by atoms with Crippen molar-refractivity contribution < 1.29 is 22.7 Å². The maximum Gasteiger partial charge on any atom is 0.328 e. The van der Waals surface area contributed by atoms with Crippen molar-refractivity contribution in [3.63, 3.8) is 0 Å². The van der Waals surface area contributed by atoms with Gasteiger partial charge in [0, 0.05) is 19.0 Å². The van der Waals surface area contributed by atoms with Crippen LogP contribution in [0, 0.1) is 12.8 Å². The molecule has 1 aromatic carbocycles. The first-order chi connectivity index (χ1) is 12.3. The number of amides is 1. The number of rotatable bonds is 6. The molecule has 1 atom stereocenters. The molecular weight excluding hydrogens is 356 g/mol. The summed E-state index contributed by atoms with van der Waals surface area (Å²) in [6.45, 7) is 6.00. The normalized spacial score (nSPS) is 17.5. The van der Waals surface area contributed by atoms with E-state index in [4.69, 9.17) is 4.74 Å². The first-order valence-electron chi connectivity index (χ1n) is 8.79. The summed E-state index contributed by atoms with van der Waals surface area (Å²) in [5.74, 6) is -1.02. The van der Waals surface area contributed by atoms with Gasteiger partial charge in [0.1, 0.15) is 6.04 Å². The Morgan fingerprint density at radius 1 is 1.23 bits per heavy atom. The van der Waals surface area contributed by atoms with Crippen molar-refractivity contribution in [1.29, 1.82) is 0 Å². The van der Waals surface area contributed by atoms with Crippen molar-refractivity contribution >= 4 is 21.9 Å². The second kappa shape index (κ2) is 8.64. The molecule has 1 aromatic rings. The summed E-state index contributed by atoms with van der Waals surface area (Å²) in [6, 6.07) is 6.03. The Hall–Kier alpha value is -1.93. The summed E-state index contributed by atoms with van der Waals surface area (Å²) in [5, 5.41) is 2.64. The zero-order valence-electron chi connectivity index (χ0n) is 15.4. The number of nitrogens with zero attached hydrogens (tertiary/aromatic N) is 1. The van der Waals surface area contributed by atoms with Crippen LogP contribution >= 0.6 is 0 Å². The van der Waals surface area contributed by atoms with Crippen LogP contribution in [-0.2, 0) is 24.3 Å². The maximum atomic E-state index is 12.7. The molecule has 1 saturated heterocycles. The Morgan fingerprint density at radius 3 is 2.35 bits per heavy atom. The number of esters is 1. The number of aryl methyl sites for hydroxylation is 1. The molecule has 0 aliphatic carbocycles. The molecule has 0 aromatic heterocycles. The van der Waals surface area contributed by atoms with Gasteiger partial charge in [0.2, 0.25) is 15.9 Å². The average molecular weight is 382 g/mol. The largest absolute Gasteiger partial charge is 0.464 e. The molecule has 8 heteroatoms. The van der Waals surface area contributed by atoms with Crippen LogP contribution in [0.4, 0.5) is 0 Å². The van der Waals surface area contributed by atoms with Gasteiger partial charge in [-0.15, -0.1) is 0 Å². The van der Waals surface area contributed by atoms with Crippen LogP contribution < -0.4 is 5.32 Å². The highest BCUT2D eigenvalue weighted by molar-refractivity contribution is 7.89. The number of piperidine rings is 1. The molecule has 0 radical (unpaired) electrons. The van der Waals surface area contributed by atoms with Crippen LogP contribution in [0.2, 0.25) is 0 Å². The highest BCUT2D eigenvalue weighted by Gasteiger charge is 2.33. The predicted octanol–water partition coefficient (Wildman–Crippen LogP) is 1.46. The van der Waals surface area contributed by atoms with Gasteiger partial charge in [-0.3, -0.25) is 4.79 Å². The summed E-state index contributed by atoms with van der Waals surface area (Å²) < 4.78 is 31.6. The number of carbonyl (C=O) groups excluding carboxylic acids is 2. The monoisotopic (exact) mass is 382 g/mol. The second-order valence-electron chi connectivity index (χ2n) is 6.47. The van der Waals surface area contributed by atoms with E-state index in [1.54, 1.807) is 38.1 Å². The van der Waals surface area contributed by atoms with Gasteiger partial charge < -0.3 is 10.1 Å². The average Bonchev–Trinajstić information content (AvgIpc) is 2.62. The maximum absolute atomic E-state index is 12.7. The number of carbonyl (C=O) groups is 2. The Morgan fingerprint density at radius 2 is 1.81 bits per heavy atom. The van der Waals surface area contributed by atoms with Crippen LogP contribution in [0.15, 0.2) is 29.2 Å². The van der Waals surface area contributed by atoms with E-state index in [-0.39, 0.29) is 36.4 Å². The Bertz CT molecular complexity index is 737. The minimum absolute atomic E-state index is 0.238. The summed E-state index contributed by atoms with van der Waals surface area (Å²) in [4.78, 5) is 24.2. The minimum Gasteiger partial charge on any atom is -0.464 e. The van der Waals surface area contributed by atoms with E-state index in [2.05, 4.69) is 5.32 Å². The molecule has 0 spiro atoms. The van der Waals surface area contributed by atoms with E-state index in [0.29, 0.717) is 12.8 Å². The highest BCUT2D eigenvalue weighted by atomic mass is 32.2. The molecule has 1 heterocycles. The van der Waals surface area contributed by atoms with Gasteiger partial charge in [-0.1, -0.05) is 17.7 Å². The molecule has 0 unspecified atom stereocenters. The number of hydrogen-bond donors (Lipinski definition) is 1. The van der Waals surface area contributed by atoms with Gasteiger partial charge in [-0.2, -0.15) is 4.31 Å². The van der Waals surface area contributed by atoms with E-state index in [0.717, 1.165) is 5.56 Å². The second-order valence-corrected chi connectivity index (χ2v) is 8.41. The van der Waals surface area contributed by atoms with Gasteiger partial charge in [-0.05, 0) is 45.7 Å². The fourth-order valence-electron chi connectivity index (χ4n) is 2.88. The topological polar surface area (TPSA) is 92.8 Å². The lowest BCUT2D eigenvalue weighted by Gasteiger charge is -2.31. The van der Waals surface area contributed by atoms with E-state index in [1.165, 1.54) is 4.31 Å². The van der Waals surface area contributed by atoms with Crippen LogP contribution in [0.5, 0.6) is 0 Å². The first-order valence-corrected chi connectivity index (χ1v) is 10.2. The van der Waals surface area contributed by atoms with Crippen molar-refractivity contribution in [2.75, 3.05) is 19.7 Å². The number of benzene rings is 1. The zero-order valence-corrected chi connectivity index (χ0v) is 16.2. The molecule has 1 aliphatic heterocycles. The van der Waals surface area contributed by atoms with Gasteiger partial charge in [-0.25, -0.2) is 13.2 Å². The molecule has 1 amide bonds. The molecule has 0 bridgehead atoms. The fourth-order valence-corrected chi connectivity index (χ4v) is 4.34. The van der Waals surface area contributed by atoms with Crippen molar-refractivity contribution in [3.8, 4) is 0 Å². The predicted molar refractivity (Wildman–Crippen MR) is 96.9 cm³/mol. The first kappa shape index (κ1) is 20.4. The van der Waals surface area contributed by atoms with Crippen molar-refractivity contribution in [1.82, 2.24) is 9.62 Å². The number of nitrogens with one attached hydrogen (secondary N) is 1. The third kappa shape index (κ3) is 4.82. The standard InChI is InChI=1S/C18H26N2O5S/c1-4-25-18(22)14(3)19-17(21)15-9-11-20(12-10-15)26(23,24)16-7-5-13(2)6-8-16/h5-8,14-15H,4,9-12H2,1-3H3,(H,19,21)/t14-/m1/s1. The number of ether oxygens (including phenoxy) is 1. The summed E-state index contributed by atoms with van der Waals surface area (Å²) in [5.41, 5.74) is 0.995. The van der Waals surface area contributed by atoms with Gasteiger partial charge in [0.25, 0.3) is 0 Å². The van der Waals surface area contributed by atoms with Crippen molar-refractivity contribution in [2.45, 2.75) is 44.6 Å². The molecular formula is C18H26N2O5S. The SMILES string of the molecule is CCOC(=O)[C@@H](C)NC(=O)C1CCN(S(=O)(=O)c2ccc(C)cc2)CC1. The summed E-state index contributed by atoms with van der Waals surface area (Å²) in [7, 11) is -3.54. The molecule has 0 saturated carbocycles. The minimum atomic E-state index is -3.54. The van der Waals surface area contributed by atoms with Crippen LogP contribution in [0.1, 0.15) is 32.3 Å². The van der Waals surface area contributed by atoms with E-state index in [1.807, 2.05) is 6.92 Å². The Kier molecular flexibility index (Phi) is 6.77. The van der Waals surface area contributed by atoms with Crippen molar-refractivity contribution in [2.24, 2.45) is 5.92 Å². The zero-order chi connectivity index (χ0) is 19.3. The van der Waals surface area contributed by atoms with Gasteiger partial charge in [0.15, 0.2) is 0 Å². The molecule has 1 aliphatic rings. The molecule has 144 valence electrons. The van der Waals surface area contributed by atoms with E-state index in [9.17, 15) is 18.0 Å². The quantitative estimate of drug-likeness (QED) is 0.752. The summed E-state index contributed by atoms with van der Waals surface area (Å²) in [6.07, 6.45) is 0.846. The van der Waals surface area contributed by atoms with Crippen LogP contribution in [-0.4, -0.2) is 50.3 Å². The Balaban J connectivity index is 1.93. The summed E-state index contributed by atoms with van der Waals surface area (Å²) >= 11 is 0. The lowest BCUT2D eigenvalue weighted by atomic mass is 9.97. The van der Waals surface area contributed by atoms with Gasteiger partial charge >= 0.3 is 5.97 Å². The fraction of sp³-hybridized carbons (Fsp3) is 0.556. The Labute approximate surface area is 154 Å². The third-order valence-electron chi connectivity index (χ3n) is 4.48. The van der Waals surface area contributed by atoms with Crippen LogP contribution in [0.25, 0.3) is 0 Å². The van der Waals surface area contributed by atoms with Crippen LogP contribution in [0.3, 0.4) is 0 Å². The van der Waals surface area contributed by atoms with Crippen molar-refractivity contribution in [3.05, 3.63) is 29.8 Å². The third-order valence-corrected chi connectivity index (χ3v) is 6.40. The number of hydrogen-bond acceptors (Lipinski definition) is 5. The lowest BCUT2D eigenvalue weighted by Crippen LogP contribution is -2.46. The molecule has 1 N–H and O–H groups in total. The van der Waals surface area contributed by atoms with Gasteiger partial charge in [0.05, 0.1) is 11.5 Å².